The first-order valence-electron chi connectivity index (χ1n) is 9.45. The maximum absolute atomic E-state index is 12.5. The van der Waals surface area contributed by atoms with Gasteiger partial charge < -0.3 is 15.4 Å². The minimum absolute atomic E-state index is 0.0769. The van der Waals surface area contributed by atoms with Crippen LogP contribution in [0.5, 0.6) is 5.88 Å². The number of halogens is 1. The summed E-state index contributed by atoms with van der Waals surface area (Å²) in [5.74, 6) is 0.00178. The van der Waals surface area contributed by atoms with Crippen molar-refractivity contribution in [2.75, 3.05) is 5.32 Å². The summed E-state index contributed by atoms with van der Waals surface area (Å²) in [7, 11) is 0. The van der Waals surface area contributed by atoms with E-state index in [0.29, 0.717) is 23.2 Å². The van der Waals surface area contributed by atoms with Crippen LogP contribution in [0.15, 0.2) is 72.9 Å². The molecule has 30 heavy (non-hydrogen) atoms. The molecule has 1 atom stereocenters. The van der Waals surface area contributed by atoms with Crippen molar-refractivity contribution in [3.8, 4) is 5.88 Å². The molecule has 1 aromatic heterocycles. The number of amides is 2. The molecule has 3 aromatic rings. The molecule has 3 rings (SSSR count). The molecule has 0 aliphatic carbocycles. The van der Waals surface area contributed by atoms with Crippen LogP contribution in [0.25, 0.3) is 0 Å². The standard InChI is InChI=1S/C23H22ClN3O3/c1-16(28)26-21(18-7-9-19(24)10-8-18)13-22(29)27-20-11-12-23(25-14-20)30-15-17-5-3-2-4-6-17/h2-12,14,21H,13,15H2,1H3,(H,26,28)(H,27,29). The molecule has 6 nitrogen and oxygen atoms in total. The van der Waals surface area contributed by atoms with Crippen LogP contribution in [0.4, 0.5) is 5.69 Å². The van der Waals surface area contributed by atoms with E-state index in [1.54, 1.807) is 36.4 Å². The molecule has 0 bridgehead atoms. The lowest BCUT2D eigenvalue weighted by Gasteiger charge is -2.18. The molecule has 0 aliphatic rings. The van der Waals surface area contributed by atoms with Crippen molar-refractivity contribution in [3.63, 3.8) is 0 Å². The first-order chi connectivity index (χ1) is 14.5. The zero-order chi connectivity index (χ0) is 21.3. The fourth-order valence-electron chi connectivity index (χ4n) is 2.86. The van der Waals surface area contributed by atoms with Gasteiger partial charge in [-0.05, 0) is 29.3 Å². The molecule has 2 aromatic carbocycles. The summed E-state index contributed by atoms with van der Waals surface area (Å²) in [4.78, 5) is 28.3. The van der Waals surface area contributed by atoms with Crippen molar-refractivity contribution in [1.82, 2.24) is 10.3 Å². The van der Waals surface area contributed by atoms with Crippen LogP contribution in [0, 0.1) is 0 Å². The Morgan fingerprint density at radius 2 is 1.77 bits per heavy atom. The molecule has 0 saturated carbocycles. The van der Waals surface area contributed by atoms with Crippen LogP contribution in [-0.4, -0.2) is 16.8 Å². The molecule has 1 unspecified atom stereocenters. The van der Waals surface area contributed by atoms with Crippen molar-refractivity contribution in [2.24, 2.45) is 0 Å². The second-order valence-corrected chi connectivity index (χ2v) is 7.15. The van der Waals surface area contributed by atoms with E-state index < -0.39 is 6.04 Å². The third-order valence-electron chi connectivity index (χ3n) is 4.29. The lowest BCUT2D eigenvalue weighted by Crippen LogP contribution is -2.29. The Morgan fingerprint density at radius 3 is 2.40 bits per heavy atom. The first-order valence-corrected chi connectivity index (χ1v) is 9.82. The van der Waals surface area contributed by atoms with Crippen molar-refractivity contribution in [3.05, 3.63) is 89.1 Å². The normalized spacial score (nSPS) is 11.4. The number of carbonyl (C=O) groups is 2. The second kappa shape index (κ2) is 10.4. The Kier molecular flexibility index (Phi) is 7.40. The van der Waals surface area contributed by atoms with E-state index >= 15 is 0 Å². The maximum Gasteiger partial charge on any atom is 0.226 e. The Bertz CT molecular complexity index is 977. The number of rotatable bonds is 8. The fraction of sp³-hybridized carbons (Fsp3) is 0.174. The summed E-state index contributed by atoms with van der Waals surface area (Å²) in [5, 5.41) is 6.18. The summed E-state index contributed by atoms with van der Waals surface area (Å²) >= 11 is 5.92. The summed E-state index contributed by atoms with van der Waals surface area (Å²) in [6.07, 6.45) is 1.61. The summed E-state index contributed by atoms with van der Waals surface area (Å²) in [5.41, 5.74) is 2.39. The Hall–Kier alpha value is -3.38. The first kappa shape index (κ1) is 21.3. The monoisotopic (exact) mass is 423 g/mol. The van der Waals surface area contributed by atoms with Gasteiger partial charge in [-0.1, -0.05) is 54.1 Å². The molecule has 7 heteroatoms. The van der Waals surface area contributed by atoms with Gasteiger partial charge in [0.2, 0.25) is 17.7 Å². The topological polar surface area (TPSA) is 80.3 Å². The number of hydrogen-bond acceptors (Lipinski definition) is 4. The summed E-state index contributed by atoms with van der Waals surface area (Å²) in [6.45, 7) is 1.83. The molecule has 0 fully saturated rings. The van der Waals surface area contributed by atoms with Gasteiger partial charge in [0.25, 0.3) is 0 Å². The van der Waals surface area contributed by atoms with Gasteiger partial charge in [0.15, 0.2) is 0 Å². The highest BCUT2D eigenvalue weighted by atomic mass is 35.5. The summed E-state index contributed by atoms with van der Waals surface area (Å²) in [6, 6.07) is 19.8. The van der Waals surface area contributed by atoms with Gasteiger partial charge in [-0.2, -0.15) is 0 Å². The smallest absolute Gasteiger partial charge is 0.226 e. The van der Waals surface area contributed by atoms with Crippen molar-refractivity contribution < 1.29 is 14.3 Å². The predicted octanol–water partition coefficient (Wildman–Crippen LogP) is 4.52. The Balaban J connectivity index is 1.57. The molecule has 2 N–H and O–H groups in total. The number of hydrogen-bond donors (Lipinski definition) is 2. The number of carbonyl (C=O) groups excluding carboxylic acids is 2. The van der Waals surface area contributed by atoms with Gasteiger partial charge in [-0.15, -0.1) is 0 Å². The number of pyridine rings is 1. The number of anilines is 1. The van der Waals surface area contributed by atoms with Crippen LogP contribution >= 0.6 is 11.6 Å². The van der Waals surface area contributed by atoms with Gasteiger partial charge in [0.1, 0.15) is 6.61 Å². The molecule has 1 heterocycles. The SMILES string of the molecule is CC(=O)NC(CC(=O)Nc1ccc(OCc2ccccc2)nc1)c1ccc(Cl)cc1. The van der Waals surface area contributed by atoms with Crippen molar-refractivity contribution >= 4 is 29.1 Å². The lowest BCUT2D eigenvalue weighted by molar-refractivity contribution is -0.120. The van der Waals surface area contributed by atoms with E-state index in [-0.39, 0.29) is 18.2 Å². The molecule has 154 valence electrons. The van der Waals surface area contributed by atoms with E-state index in [0.717, 1.165) is 11.1 Å². The quantitative estimate of drug-likeness (QED) is 0.558. The lowest BCUT2D eigenvalue weighted by atomic mass is 10.0. The summed E-state index contributed by atoms with van der Waals surface area (Å²) < 4.78 is 5.65. The average Bonchev–Trinajstić information content (AvgIpc) is 2.74. The molecule has 0 spiro atoms. The maximum atomic E-state index is 12.5. The van der Waals surface area contributed by atoms with Gasteiger partial charge in [0, 0.05) is 18.0 Å². The highest BCUT2D eigenvalue weighted by molar-refractivity contribution is 6.30. The van der Waals surface area contributed by atoms with E-state index in [1.807, 2.05) is 30.3 Å². The number of benzene rings is 2. The van der Waals surface area contributed by atoms with Gasteiger partial charge in [0.05, 0.1) is 24.3 Å². The number of nitrogens with one attached hydrogen (secondary N) is 2. The average molecular weight is 424 g/mol. The Morgan fingerprint density at radius 1 is 1.03 bits per heavy atom. The van der Waals surface area contributed by atoms with Crippen LogP contribution in [0.1, 0.15) is 30.5 Å². The predicted molar refractivity (Wildman–Crippen MR) is 116 cm³/mol. The van der Waals surface area contributed by atoms with Gasteiger partial charge in [-0.3, -0.25) is 9.59 Å². The molecule has 0 saturated heterocycles. The zero-order valence-corrected chi connectivity index (χ0v) is 17.2. The van der Waals surface area contributed by atoms with E-state index in [4.69, 9.17) is 16.3 Å². The molecule has 2 amide bonds. The largest absolute Gasteiger partial charge is 0.473 e. The molecular weight excluding hydrogens is 402 g/mol. The van der Waals surface area contributed by atoms with Crippen LogP contribution < -0.4 is 15.4 Å². The van der Waals surface area contributed by atoms with E-state index in [2.05, 4.69) is 15.6 Å². The third-order valence-corrected chi connectivity index (χ3v) is 4.54. The Labute approximate surface area is 180 Å². The van der Waals surface area contributed by atoms with Gasteiger partial charge in [-0.25, -0.2) is 4.98 Å². The van der Waals surface area contributed by atoms with E-state index in [9.17, 15) is 9.59 Å². The van der Waals surface area contributed by atoms with Gasteiger partial charge >= 0.3 is 0 Å². The number of ether oxygens (including phenoxy) is 1. The van der Waals surface area contributed by atoms with Crippen LogP contribution in [-0.2, 0) is 16.2 Å². The number of aromatic nitrogens is 1. The molecule has 0 radical (unpaired) electrons. The van der Waals surface area contributed by atoms with E-state index in [1.165, 1.54) is 13.1 Å². The van der Waals surface area contributed by atoms with Crippen LogP contribution in [0.3, 0.4) is 0 Å². The van der Waals surface area contributed by atoms with Crippen LogP contribution in [0.2, 0.25) is 5.02 Å². The molecule has 0 aliphatic heterocycles. The van der Waals surface area contributed by atoms with Crippen molar-refractivity contribution in [2.45, 2.75) is 26.0 Å². The fourth-order valence-corrected chi connectivity index (χ4v) is 2.99. The number of nitrogens with zero attached hydrogens (tertiary/aromatic N) is 1. The van der Waals surface area contributed by atoms with Crippen molar-refractivity contribution in [1.29, 1.82) is 0 Å². The molecular formula is C23H22ClN3O3. The minimum Gasteiger partial charge on any atom is -0.473 e. The minimum atomic E-state index is -0.457. The highest BCUT2D eigenvalue weighted by Crippen LogP contribution is 2.21. The zero-order valence-electron chi connectivity index (χ0n) is 16.5. The second-order valence-electron chi connectivity index (χ2n) is 6.72. The highest BCUT2D eigenvalue weighted by Gasteiger charge is 2.17. The third kappa shape index (κ3) is 6.60.